The van der Waals surface area contributed by atoms with E-state index < -0.39 is 0 Å². The summed E-state index contributed by atoms with van der Waals surface area (Å²) in [6.45, 7) is 6.44. The molecule has 0 unspecified atom stereocenters. The minimum Gasteiger partial charge on any atom is -0.454 e. The van der Waals surface area contributed by atoms with Crippen LogP contribution in [0.15, 0.2) is 36.9 Å². The van der Waals surface area contributed by atoms with Gasteiger partial charge in [-0.3, -0.25) is 0 Å². The van der Waals surface area contributed by atoms with Crippen LogP contribution < -0.4 is 20.1 Å². The van der Waals surface area contributed by atoms with Gasteiger partial charge in [0, 0.05) is 24.4 Å². The molecule has 2 N–H and O–H groups in total. The molecule has 1 aromatic heterocycles. The van der Waals surface area contributed by atoms with Crippen molar-refractivity contribution in [1.82, 2.24) is 9.97 Å². The van der Waals surface area contributed by atoms with Crippen molar-refractivity contribution in [3.05, 3.63) is 42.7 Å². The Bertz CT molecular complexity index is 673. The Kier molecular flexibility index (Phi) is 3.59. The predicted octanol–water partition coefficient (Wildman–Crippen LogP) is 2.86. The zero-order valence-corrected chi connectivity index (χ0v) is 11.7. The highest BCUT2D eigenvalue weighted by atomic mass is 16.7. The molecule has 2 heterocycles. The number of hydrogen-bond donors (Lipinski definition) is 2. The maximum atomic E-state index is 5.36. The predicted molar refractivity (Wildman–Crippen MR) is 81.3 cm³/mol. The number of fused-ring (bicyclic) bond motifs is 1. The van der Waals surface area contributed by atoms with Crippen LogP contribution in [-0.4, -0.2) is 23.3 Å². The molecule has 0 saturated carbocycles. The van der Waals surface area contributed by atoms with E-state index in [1.54, 1.807) is 6.08 Å². The highest BCUT2D eigenvalue weighted by Gasteiger charge is 2.13. The number of nitrogens with zero attached hydrogens (tertiary/aromatic N) is 2. The van der Waals surface area contributed by atoms with Crippen molar-refractivity contribution >= 4 is 17.3 Å². The summed E-state index contributed by atoms with van der Waals surface area (Å²) in [5.41, 5.74) is 0.882. The second-order valence-electron chi connectivity index (χ2n) is 4.55. The van der Waals surface area contributed by atoms with E-state index in [1.807, 2.05) is 31.2 Å². The largest absolute Gasteiger partial charge is 0.454 e. The molecular weight excluding hydrogens is 268 g/mol. The molecular formula is C15H16N4O2. The van der Waals surface area contributed by atoms with Crippen molar-refractivity contribution in [2.24, 2.45) is 0 Å². The van der Waals surface area contributed by atoms with Crippen molar-refractivity contribution in [2.45, 2.75) is 6.92 Å². The first-order valence-corrected chi connectivity index (χ1v) is 6.62. The van der Waals surface area contributed by atoms with Crippen LogP contribution >= 0.6 is 0 Å². The summed E-state index contributed by atoms with van der Waals surface area (Å²) in [6.07, 6.45) is 1.78. The van der Waals surface area contributed by atoms with E-state index >= 15 is 0 Å². The molecule has 0 spiro atoms. The first-order chi connectivity index (χ1) is 10.2. The molecule has 6 heteroatoms. The van der Waals surface area contributed by atoms with Gasteiger partial charge >= 0.3 is 0 Å². The molecule has 2 aromatic rings. The van der Waals surface area contributed by atoms with Gasteiger partial charge in [-0.1, -0.05) is 6.08 Å². The summed E-state index contributed by atoms with van der Waals surface area (Å²) in [4.78, 5) is 8.69. The fraction of sp³-hybridized carbons (Fsp3) is 0.200. The lowest BCUT2D eigenvalue weighted by molar-refractivity contribution is 0.174. The third kappa shape index (κ3) is 3.05. The molecule has 0 atom stereocenters. The van der Waals surface area contributed by atoms with E-state index in [1.165, 1.54) is 0 Å². The quantitative estimate of drug-likeness (QED) is 0.823. The molecule has 108 valence electrons. The fourth-order valence-corrected chi connectivity index (χ4v) is 2.02. The molecule has 0 fully saturated rings. The van der Waals surface area contributed by atoms with Crippen LogP contribution in [0.1, 0.15) is 5.82 Å². The third-order valence-corrected chi connectivity index (χ3v) is 2.91. The first-order valence-electron chi connectivity index (χ1n) is 6.62. The van der Waals surface area contributed by atoms with E-state index in [9.17, 15) is 0 Å². The van der Waals surface area contributed by atoms with E-state index in [0.29, 0.717) is 18.2 Å². The fourth-order valence-electron chi connectivity index (χ4n) is 2.02. The van der Waals surface area contributed by atoms with Crippen LogP contribution in [0.3, 0.4) is 0 Å². The lowest BCUT2D eigenvalue weighted by Gasteiger charge is -2.09. The third-order valence-electron chi connectivity index (χ3n) is 2.91. The molecule has 0 amide bonds. The van der Waals surface area contributed by atoms with Crippen LogP contribution in [0, 0.1) is 6.92 Å². The summed E-state index contributed by atoms with van der Waals surface area (Å²) in [5.74, 6) is 3.65. The van der Waals surface area contributed by atoms with Gasteiger partial charge in [0.2, 0.25) is 6.79 Å². The van der Waals surface area contributed by atoms with Crippen LogP contribution in [0.25, 0.3) is 0 Å². The zero-order valence-electron chi connectivity index (χ0n) is 11.7. The monoisotopic (exact) mass is 284 g/mol. The number of nitrogens with one attached hydrogen (secondary N) is 2. The number of hydrogen-bond acceptors (Lipinski definition) is 6. The minimum absolute atomic E-state index is 0.265. The normalized spacial score (nSPS) is 12.0. The lowest BCUT2D eigenvalue weighted by Crippen LogP contribution is -2.04. The molecule has 1 aromatic carbocycles. The van der Waals surface area contributed by atoms with Gasteiger partial charge in [0.15, 0.2) is 11.5 Å². The van der Waals surface area contributed by atoms with Crippen LogP contribution in [0.5, 0.6) is 11.5 Å². The van der Waals surface area contributed by atoms with Crippen LogP contribution in [0.2, 0.25) is 0 Å². The highest BCUT2D eigenvalue weighted by molar-refractivity contribution is 5.63. The summed E-state index contributed by atoms with van der Waals surface area (Å²) in [5, 5.41) is 6.39. The van der Waals surface area contributed by atoms with Gasteiger partial charge in [0.25, 0.3) is 0 Å². The smallest absolute Gasteiger partial charge is 0.231 e. The Morgan fingerprint density at radius 2 is 2.00 bits per heavy atom. The summed E-state index contributed by atoms with van der Waals surface area (Å²) >= 11 is 0. The Hall–Kier alpha value is -2.76. The Morgan fingerprint density at radius 3 is 2.86 bits per heavy atom. The van der Waals surface area contributed by atoms with Gasteiger partial charge < -0.3 is 20.1 Å². The van der Waals surface area contributed by atoms with Gasteiger partial charge in [0.05, 0.1) is 0 Å². The van der Waals surface area contributed by atoms with E-state index in [-0.39, 0.29) is 6.79 Å². The zero-order chi connectivity index (χ0) is 14.7. The van der Waals surface area contributed by atoms with Crippen molar-refractivity contribution in [3.8, 4) is 11.5 Å². The molecule has 0 saturated heterocycles. The van der Waals surface area contributed by atoms with Gasteiger partial charge in [-0.05, 0) is 19.1 Å². The summed E-state index contributed by atoms with van der Waals surface area (Å²) < 4.78 is 10.7. The molecule has 6 nitrogen and oxygen atoms in total. The van der Waals surface area contributed by atoms with Gasteiger partial charge in [-0.15, -0.1) is 6.58 Å². The van der Waals surface area contributed by atoms with E-state index in [0.717, 1.165) is 23.0 Å². The van der Waals surface area contributed by atoms with Gasteiger partial charge in [-0.25, -0.2) is 9.97 Å². The lowest BCUT2D eigenvalue weighted by atomic mass is 10.3. The maximum Gasteiger partial charge on any atom is 0.231 e. The van der Waals surface area contributed by atoms with Crippen LogP contribution in [0.4, 0.5) is 17.3 Å². The average molecular weight is 284 g/mol. The second kappa shape index (κ2) is 5.70. The summed E-state index contributed by atoms with van der Waals surface area (Å²) in [6, 6.07) is 7.52. The van der Waals surface area contributed by atoms with Crippen molar-refractivity contribution in [1.29, 1.82) is 0 Å². The highest BCUT2D eigenvalue weighted by Crippen LogP contribution is 2.35. The molecule has 3 rings (SSSR count). The number of benzene rings is 1. The molecule has 0 radical (unpaired) electrons. The van der Waals surface area contributed by atoms with Gasteiger partial charge in [-0.2, -0.15) is 0 Å². The molecule has 1 aliphatic rings. The number of aryl methyl sites for hydroxylation is 1. The number of ether oxygens (including phenoxy) is 2. The molecule has 0 bridgehead atoms. The number of rotatable bonds is 5. The van der Waals surface area contributed by atoms with Crippen LogP contribution in [-0.2, 0) is 0 Å². The molecule has 21 heavy (non-hydrogen) atoms. The molecule has 0 aliphatic carbocycles. The Balaban J connectivity index is 1.80. The maximum absolute atomic E-state index is 5.36. The average Bonchev–Trinajstić information content (AvgIpc) is 2.92. The van der Waals surface area contributed by atoms with Crippen molar-refractivity contribution < 1.29 is 9.47 Å². The number of aromatic nitrogens is 2. The standard InChI is InChI=1S/C15H16N4O2/c1-3-6-16-14-8-15(18-10(2)17-14)19-11-4-5-12-13(7-11)21-9-20-12/h3-5,7-8H,1,6,9H2,2H3,(H2,16,17,18,19). The van der Waals surface area contributed by atoms with Crippen molar-refractivity contribution in [3.63, 3.8) is 0 Å². The molecule has 1 aliphatic heterocycles. The second-order valence-corrected chi connectivity index (χ2v) is 4.55. The minimum atomic E-state index is 0.265. The SMILES string of the molecule is C=CCNc1cc(Nc2ccc3c(c2)OCO3)nc(C)n1. The topological polar surface area (TPSA) is 68.3 Å². The Labute approximate surface area is 122 Å². The van der Waals surface area contributed by atoms with Crippen molar-refractivity contribution in [2.75, 3.05) is 24.0 Å². The summed E-state index contributed by atoms with van der Waals surface area (Å²) in [7, 11) is 0. The Morgan fingerprint density at radius 1 is 1.19 bits per heavy atom. The van der Waals surface area contributed by atoms with E-state index in [4.69, 9.17) is 9.47 Å². The van der Waals surface area contributed by atoms with Gasteiger partial charge in [0.1, 0.15) is 17.5 Å². The number of anilines is 3. The first kappa shape index (κ1) is 13.2. The van der Waals surface area contributed by atoms with E-state index in [2.05, 4.69) is 27.2 Å².